The van der Waals surface area contributed by atoms with E-state index >= 15 is 0 Å². The van der Waals surface area contributed by atoms with Crippen LogP contribution in [0, 0.1) is 12.7 Å². The molecule has 0 bridgehead atoms. The highest BCUT2D eigenvalue weighted by atomic mass is 19.1. The number of benzene rings is 4. The standard InChI is InChI=1S/C29H22FN5/c1-17-2-9-22(34-28-11-5-19(13-26(28)30)18-3-7-21(31)8-4-18)14-23(17)20-6-10-27-24(12-20)25-15-32-16-33-29(25)35-27/h2-16,34H,31H2,1H3,(H,32,33,35). The van der Waals surface area contributed by atoms with Crippen LogP contribution in [0.25, 0.3) is 44.2 Å². The van der Waals surface area contributed by atoms with Crippen LogP contribution in [0.1, 0.15) is 5.56 Å². The van der Waals surface area contributed by atoms with E-state index in [1.807, 2.05) is 48.7 Å². The molecule has 0 aliphatic heterocycles. The summed E-state index contributed by atoms with van der Waals surface area (Å²) >= 11 is 0. The predicted molar refractivity (Wildman–Crippen MR) is 141 cm³/mol. The fourth-order valence-corrected chi connectivity index (χ4v) is 4.44. The quantitative estimate of drug-likeness (QED) is 0.243. The van der Waals surface area contributed by atoms with Crippen molar-refractivity contribution in [3.63, 3.8) is 0 Å². The van der Waals surface area contributed by atoms with Crippen molar-refractivity contribution in [3.8, 4) is 22.3 Å². The third-order valence-corrected chi connectivity index (χ3v) is 6.32. The number of hydrogen-bond acceptors (Lipinski definition) is 4. The van der Waals surface area contributed by atoms with Crippen molar-refractivity contribution in [3.05, 3.63) is 103 Å². The molecule has 0 saturated carbocycles. The van der Waals surface area contributed by atoms with E-state index in [4.69, 9.17) is 5.73 Å². The maximum atomic E-state index is 15.0. The van der Waals surface area contributed by atoms with Crippen LogP contribution in [-0.2, 0) is 0 Å². The Balaban J connectivity index is 1.33. The Hall–Kier alpha value is -4.71. The second kappa shape index (κ2) is 8.25. The molecule has 0 fully saturated rings. The number of hydrogen-bond donors (Lipinski definition) is 3. The Morgan fingerprint density at radius 3 is 2.46 bits per heavy atom. The maximum absolute atomic E-state index is 15.0. The first kappa shape index (κ1) is 20.9. The van der Waals surface area contributed by atoms with Gasteiger partial charge in [-0.1, -0.05) is 30.3 Å². The molecule has 35 heavy (non-hydrogen) atoms. The number of nitrogens with two attached hydrogens (primary N) is 1. The molecule has 6 aromatic rings. The highest BCUT2D eigenvalue weighted by Gasteiger charge is 2.11. The molecular formula is C29H22FN5. The summed E-state index contributed by atoms with van der Waals surface area (Å²) < 4.78 is 15.0. The lowest BCUT2D eigenvalue weighted by molar-refractivity contribution is 0.632. The molecule has 6 heteroatoms. The Morgan fingerprint density at radius 1 is 0.829 bits per heavy atom. The average Bonchev–Trinajstić information content (AvgIpc) is 3.25. The van der Waals surface area contributed by atoms with Gasteiger partial charge in [0.1, 0.15) is 17.8 Å². The lowest BCUT2D eigenvalue weighted by Gasteiger charge is -2.13. The summed E-state index contributed by atoms with van der Waals surface area (Å²) in [6.07, 6.45) is 3.37. The summed E-state index contributed by atoms with van der Waals surface area (Å²) in [5.74, 6) is -0.318. The largest absolute Gasteiger partial charge is 0.399 e. The summed E-state index contributed by atoms with van der Waals surface area (Å²) in [5, 5.41) is 5.29. The Labute approximate surface area is 201 Å². The van der Waals surface area contributed by atoms with Crippen molar-refractivity contribution in [1.82, 2.24) is 15.0 Å². The van der Waals surface area contributed by atoms with Crippen LogP contribution in [0.2, 0.25) is 0 Å². The number of H-pyrrole nitrogens is 1. The number of aryl methyl sites for hydroxylation is 1. The van der Waals surface area contributed by atoms with Crippen molar-refractivity contribution in [2.24, 2.45) is 0 Å². The summed E-state index contributed by atoms with van der Waals surface area (Å²) in [5.41, 5.74) is 14.5. The maximum Gasteiger partial charge on any atom is 0.147 e. The van der Waals surface area contributed by atoms with Crippen molar-refractivity contribution < 1.29 is 4.39 Å². The van der Waals surface area contributed by atoms with Gasteiger partial charge in [-0.3, -0.25) is 0 Å². The molecule has 0 aliphatic rings. The van der Waals surface area contributed by atoms with Crippen LogP contribution >= 0.6 is 0 Å². The van der Waals surface area contributed by atoms with E-state index in [0.29, 0.717) is 11.4 Å². The first-order valence-electron chi connectivity index (χ1n) is 11.3. The van der Waals surface area contributed by atoms with E-state index in [2.05, 4.69) is 51.5 Å². The number of nitrogen functional groups attached to an aromatic ring is 1. The van der Waals surface area contributed by atoms with Gasteiger partial charge >= 0.3 is 0 Å². The van der Waals surface area contributed by atoms with E-state index < -0.39 is 0 Å². The zero-order valence-corrected chi connectivity index (χ0v) is 19.0. The first-order valence-corrected chi connectivity index (χ1v) is 11.3. The van der Waals surface area contributed by atoms with Crippen molar-refractivity contribution in [2.75, 3.05) is 11.1 Å². The van der Waals surface area contributed by atoms with E-state index in [1.165, 1.54) is 6.07 Å². The molecule has 4 N–H and O–H groups in total. The lowest BCUT2D eigenvalue weighted by Crippen LogP contribution is -1.96. The molecule has 0 spiro atoms. The number of halogens is 1. The van der Waals surface area contributed by atoms with Crippen LogP contribution in [0.15, 0.2) is 91.4 Å². The molecule has 6 rings (SSSR count). The summed E-state index contributed by atoms with van der Waals surface area (Å²) in [7, 11) is 0. The molecule has 5 nitrogen and oxygen atoms in total. The highest BCUT2D eigenvalue weighted by Crippen LogP contribution is 2.33. The van der Waals surface area contributed by atoms with Gasteiger partial charge < -0.3 is 16.0 Å². The van der Waals surface area contributed by atoms with Crippen LogP contribution < -0.4 is 11.1 Å². The third kappa shape index (κ3) is 3.85. The molecular weight excluding hydrogens is 437 g/mol. The van der Waals surface area contributed by atoms with Gasteiger partial charge in [-0.25, -0.2) is 14.4 Å². The SMILES string of the molecule is Cc1ccc(Nc2ccc(-c3ccc(N)cc3)cc2F)cc1-c1ccc2[nH]c3ncncc3c2c1. The Morgan fingerprint density at radius 2 is 1.63 bits per heavy atom. The second-order valence-electron chi connectivity index (χ2n) is 8.64. The van der Waals surface area contributed by atoms with E-state index in [0.717, 1.165) is 55.4 Å². The van der Waals surface area contributed by atoms with Gasteiger partial charge in [0.25, 0.3) is 0 Å². The lowest BCUT2D eigenvalue weighted by atomic mass is 9.98. The molecule has 0 radical (unpaired) electrons. The number of fused-ring (bicyclic) bond motifs is 3. The van der Waals surface area contributed by atoms with Gasteiger partial charge in [-0.05, 0) is 83.3 Å². The average molecular weight is 460 g/mol. The first-order chi connectivity index (χ1) is 17.0. The van der Waals surface area contributed by atoms with Crippen molar-refractivity contribution in [2.45, 2.75) is 6.92 Å². The molecule has 0 saturated heterocycles. The molecule has 4 aromatic carbocycles. The summed E-state index contributed by atoms with van der Waals surface area (Å²) in [6.45, 7) is 2.07. The summed E-state index contributed by atoms with van der Waals surface area (Å²) in [4.78, 5) is 11.8. The minimum atomic E-state index is -0.318. The number of nitrogens with one attached hydrogen (secondary N) is 2. The van der Waals surface area contributed by atoms with Gasteiger partial charge in [0.2, 0.25) is 0 Å². The van der Waals surface area contributed by atoms with Gasteiger partial charge in [0.05, 0.1) is 5.69 Å². The minimum absolute atomic E-state index is 0.318. The van der Waals surface area contributed by atoms with Gasteiger partial charge in [0, 0.05) is 33.9 Å². The molecule has 2 aromatic heterocycles. The van der Waals surface area contributed by atoms with Crippen LogP contribution in [0.5, 0.6) is 0 Å². The molecule has 170 valence electrons. The minimum Gasteiger partial charge on any atom is -0.399 e. The van der Waals surface area contributed by atoms with Gasteiger partial charge in [-0.15, -0.1) is 0 Å². The van der Waals surface area contributed by atoms with Crippen LogP contribution in [0.3, 0.4) is 0 Å². The summed E-state index contributed by atoms with van der Waals surface area (Å²) in [6, 6.07) is 24.9. The number of nitrogens with zero attached hydrogens (tertiary/aromatic N) is 2. The zero-order chi connectivity index (χ0) is 23.9. The van der Waals surface area contributed by atoms with E-state index in [1.54, 1.807) is 12.4 Å². The molecule has 0 atom stereocenters. The zero-order valence-electron chi connectivity index (χ0n) is 19.0. The van der Waals surface area contributed by atoms with Crippen molar-refractivity contribution >= 4 is 39.0 Å². The van der Waals surface area contributed by atoms with E-state index in [-0.39, 0.29) is 5.82 Å². The molecule has 2 heterocycles. The number of aromatic nitrogens is 3. The van der Waals surface area contributed by atoms with Crippen molar-refractivity contribution in [1.29, 1.82) is 0 Å². The fraction of sp³-hybridized carbons (Fsp3) is 0.0345. The monoisotopic (exact) mass is 459 g/mol. The third-order valence-electron chi connectivity index (χ3n) is 6.32. The second-order valence-corrected chi connectivity index (χ2v) is 8.64. The topological polar surface area (TPSA) is 79.6 Å². The number of aromatic amines is 1. The molecule has 0 unspecified atom stereocenters. The normalized spacial score (nSPS) is 11.3. The highest BCUT2D eigenvalue weighted by molar-refractivity contribution is 6.07. The number of rotatable bonds is 4. The number of anilines is 3. The van der Waals surface area contributed by atoms with Crippen LogP contribution in [0.4, 0.5) is 21.5 Å². The van der Waals surface area contributed by atoms with E-state index in [9.17, 15) is 4.39 Å². The fourth-order valence-electron chi connectivity index (χ4n) is 4.44. The molecule has 0 amide bonds. The Bertz CT molecular complexity index is 1700. The van der Waals surface area contributed by atoms with Gasteiger partial charge in [0.15, 0.2) is 0 Å². The molecule has 0 aliphatic carbocycles. The smallest absolute Gasteiger partial charge is 0.147 e. The predicted octanol–water partition coefficient (Wildman–Crippen LogP) is 7.22. The van der Waals surface area contributed by atoms with Crippen LogP contribution in [-0.4, -0.2) is 15.0 Å². The Kier molecular flexibility index (Phi) is 4.92. The van der Waals surface area contributed by atoms with Gasteiger partial charge in [-0.2, -0.15) is 0 Å².